The number of rotatable bonds is 4. The average Bonchev–Trinajstić information content (AvgIpc) is 2.81. The topological polar surface area (TPSA) is 78.4 Å². The lowest BCUT2D eigenvalue weighted by molar-refractivity contribution is -0.120. The van der Waals surface area contributed by atoms with Gasteiger partial charge in [0.05, 0.1) is 0 Å². The maximum atomic E-state index is 12.8. The number of hydrogen-bond donors (Lipinski definition) is 1. The molecule has 2 aliphatic heterocycles. The fourth-order valence-electron chi connectivity index (χ4n) is 3.92. The molecule has 7 nitrogen and oxygen atoms in total. The fourth-order valence-corrected chi connectivity index (χ4v) is 4.82. The Bertz CT molecular complexity index is 894. The van der Waals surface area contributed by atoms with Crippen molar-refractivity contribution in [3.05, 3.63) is 47.8 Å². The van der Waals surface area contributed by atoms with E-state index in [9.17, 15) is 9.59 Å². The number of piperidine rings is 1. The Kier molecular flexibility index (Phi) is 6.52. The van der Waals surface area contributed by atoms with Crippen LogP contribution in [0.5, 0.6) is 0 Å². The van der Waals surface area contributed by atoms with Crippen LogP contribution in [0, 0.1) is 12.8 Å². The lowest BCUT2D eigenvalue weighted by Crippen LogP contribution is -2.39. The van der Waals surface area contributed by atoms with Gasteiger partial charge in [-0.1, -0.05) is 0 Å². The molecule has 1 N–H and O–H groups in total. The van der Waals surface area contributed by atoms with Crippen molar-refractivity contribution in [2.45, 2.75) is 19.8 Å². The van der Waals surface area contributed by atoms with E-state index in [1.54, 1.807) is 18.5 Å². The molecule has 2 aromatic rings. The minimum absolute atomic E-state index is 0.0310. The highest BCUT2D eigenvalue weighted by Crippen LogP contribution is 2.24. The van der Waals surface area contributed by atoms with E-state index in [0.29, 0.717) is 5.56 Å². The molecule has 30 heavy (non-hydrogen) atoms. The van der Waals surface area contributed by atoms with Crippen molar-refractivity contribution in [2.24, 2.45) is 5.92 Å². The highest BCUT2D eigenvalue weighted by molar-refractivity contribution is 7.99. The van der Waals surface area contributed by atoms with Gasteiger partial charge in [0.15, 0.2) is 0 Å². The summed E-state index contributed by atoms with van der Waals surface area (Å²) in [5, 5.41) is 3.06. The highest BCUT2D eigenvalue weighted by Gasteiger charge is 2.26. The van der Waals surface area contributed by atoms with E-state index in [1.807, 2.05) is 41.8 Å². The van der Waals surface area contributed by atoms with Crippen molar-refractivity contribution < 1.29 is 9.59 Å². The van der Waals surface area contributed by atoms with Crippen LogP contribution >= 0.6 is 11.8 Å². The number of nitrogens with one attached hydrogen (secondary N) is 1. The predicted octanol–water partition coefficient (Wildman–Crippen LogP) is 2.83. The second kappa shape index (κ2) is 9.47. The molecule has 4 rings (SSSR count). The molecular weight excluding hydrogens is 398 g/mol. The third-order valence-corrected chi connectivity index (χ3v) is 6.67. The molecule has 1 aromatic carbocycles. The molecular formula is C22H27N5O2S. The summed E-state index contributed by atoms with van der Waals surface area (Å²) in [5.41, 5.74) is 2.38. The van der Waals surface area contributed by atoms with Crippen LogP contribution in [0.4, 0.5) is 11.6 Å². The maximum Gasteiger partial charge on any atom is 0.253 e. The molecule has 2 saturated heterocycles. The SMILES string of the molecule is Cc1cc(C(=O)N2CCSCC2)ccc1NC(=O)C1CCN(c2ncccn2)CC1. The summed E-state index contributed by atoms with van der Waals surface area (Å²) in [4.78, 5) is 38.1. The van der Waals surface area contributed by atoms with E-state index in [1.165, 1.54) is 0 Å². The van der Waals surface area contributed by atoms with Gasteiger partial charge in [-0.25, -0.2) is 9.97 Å². The molecule has 2 amide bonds. The van der Waals surface area contributed by atoms with Gasteiger partial charge >= 0.3 is 0 Å². The first-order valence-corrected chi connectivity index (χ1v) is 11.6. The first-order chi connectivity index (χ1) is 14.6. The predicted molar refractivity (Wildman–Crippen MR) is 120 cm³/mol. The molecule has 158 valence electrons. The molecule has 0 unspecified atom stereocenters. The largest absolute Gasteiger partial charge is 0.341 e. The summed E-state index contributed by atoms with van der Waals surface area (Å²) in [6.45, 7) is 5.07. The van der Waals surface area contributed by atoms with Gasteiger partial charge in [0.25, 0.3) is 5.91 Å². The average molecular weight is 426 g/mol. The molecule has 1 aromatic heterocycles. The Morgan fingerprint density at radius 3 is 2.43 bits per heavy atom. The first-order valence-electron chi connectivity index (χ1n) is 10.4. The van der Waals surface area contributed by atoms with Gasteiger partial charge in [0, 0.05) is 67.2 Å². The minimum Gasteiger partial charge on any atom is -0.341 e. The van der Waals surface area contributed by atoms with Crippen LogP contribution in [0.15, 0.2) is 36.7 Å². The second-order valence-corrected chi connectivity index (χ2v) is 8.96. The summed E-state index contributed by atoms with van der Waals surface area (Å²) in [5.74, 6) is 2.80. The maximum absolute atomic E-state index is 12.8. The number of aryl methyl sites for hydroxylation is 1. The van der Waals surface area contributed by atoms with Gasteiger partial charge in [-0.05, 0) is 49.6 Å². The van der Waals surface area contributed by atoms with E-state index in [2.05, 4.69) is 20.2 Å². The number of benzene rings is 1. The molecule has 8 heteroatoms. The zero-order valence-corrected chi connectivity index (χ0v) is 18.0. The number of carbonyl (C=O) groups excluding carboxylic acids is 2. The van der Waals surface area contributed by atoms with Crippen LogP contribution in [0.1, 0.15) is 28.8 Å². The summed E-state index contributed by atoms with van der Waals surface area (Å²) in [6.07, 6.45) is 5.02. The van der Waals surface area contributed by atoms with Crippen LogP contribution < -0.4 is 10.2 Å². The van der Waals surface area contributed by atoms with Gasteiger partial charge in [-0.15, -0.1) is 0 Å². The number of hydrogen-bond acceptors (Lipinski definition) is 6. The summed E-state index contributed by atoms with van der Waals surface area (Å²) >= 11 is 1.88. The van der Waals surface area contributed by atoms with E-state index in [4.69, 9.17) is 0 Å². The van der Waals surface area contributed by atoms with E-state index < -0.39 is 0 Å². The van der Waals surface area contributed by atoms with Gasteiger partial charge < -0.3 is 15.1 Å². The van der Waals surface area contributed by atoms with E-state index in [0.717, 1.165) is 67.7 Å². The zero-order valence-electron chi connectivity index (χ0n) is 17.2. The smallest absolute Gasteiger partial charge is 0.253 e. The molecule has 2 fully saturated rings. The van der Waals surface area contributed by atoms with Crippen molar-refractivity contribution in [1.29, 1.82) is 0 Å². The number of nitrogens with zero attached hydrogens (tertiary/aromatic N) is 4. The Labute approximate surface area is 181 Å². The number of thioether (sulfide) groups is 1. The summed E-state index contributed by atoms with van der Waals surface area (Å²) in [6, 6.07) is 7.36. The lowest BCUT2D eigenvalue weighted by Gasteiger charge is -2.31. The molecule has 0 aliphatic carbocycles. The summed E-state index contributed by atoms with van der Waals surface area (Å²) in [7, 11) is 0. The molecule has 3 heterocycles. The Hall–Kier alpha value is -2.61. The third kappa shape index (κ3) is 4.75. The van der Waals surface area contributed by atoms with Crippen molar-refractivity contribution in [2.75, 3.05) is 47.9 Å². The van der Waals surface area contributed by atoms with Crippen LogP contribution in [-0.2, 0) is 4.79 Å². The van der Waals surface area contributed by atoms with Gasteiger partial charge in [0.2, 0.25) is 11.9 Å². The van der Waals surface area contributed by atoms with Crippen LogP contribution in [0.2, 0.25) is 0 Å². The standard InChI is InChI=1S/C22H27N5O2S/c1-16-15-18(21(29)26-11-13-30-14-12-26)3-4-19(16)25-20(28)17-5-9-27(10-6-17)22-23-7-2-8-24-22/h2-4,7-8,15,17H,5-6,9-14H2,1H3,(H,25,28). The van der Waals surface area contributed by atoms with Gasteiger partial charge in [-0.2, -0.15) is 11.8 Å². The molecule has 0 saturated carbocycles. The normalized spacial score (nSPS) is 17.6. The number of aromatic nitrogens is 2. The Morgan fingerprint density at radius 2 is 1.77 bits per heavy atom. The first kappa shape index (κ1) is 20.7. The fraction of sp³-hybridized carbons (Fsp3) is 0.455. The minimum atomic E-state index is -0.0310. The molecule has 0 bridgehead atoms. The number of amides is 2. The monoisotopic (exact) mass is 425 g/mol. The highest BCUT2D eigenvalue weighted by atomic mass is 32.2. The second-order valence-electron chi connectivity index (χ2n) is 7.73. The lowest BCUT2D eigenvalue weighted by atomic mass is 9.95. The van der Waals surface area contributed by atoms with Crippen LogP contribution in [-0.4, -0.2) is 64.4 Å². The number of anilines is 2. The Balaban J connectivity index is 1.34. The molecule has 0 spiro atoms. The van der Waals surface area contributed by atoms with Crippen molar-refractivity contribution in [1.82, 2.24) is 14.9 Å². The van der Waals surface area contributed by atoms with Gasteiger partial charge in [0.1, 0.15) is 0 Å². The van der Waals surface area contributed by atoms with Crippen molar-refractivity contribution in [3.63, 3.8) is 0 Å². The molecule has 0 atom stereocenters. The van der Waals surface area contributed by atoms with Crippen molar-refractivity contribution in [3.8, 4) is 0 Å². The number of carbonyl (C=O) groups is 2. The van der Waals surface area contributed by atoms with E-state index in [-0.39, 0.29) is 17.7 Å². The Morgan fingerprint density at radius 1 is 1.07 bits per heavy atom. The van der Waals surface area contributed by atoms with Crippen LogP contribution in [0.3, 0.4) is 0 Å². The van der Waals surface area contributed by atoms with Gasteiger partial charge in [-0.3, -0.25) is 9.59 Å². The molecule has 0 radical (unpaired) electrons. The van der Waals surface area contributed by atoms with E-state index >= 15 is 0 Å². The summed E-state index contributed by atoms with van der Waals surface area (Å²) < 4.78 is 0. The van der Waals surface area contributed by atoms with Crippen molar-refractivity contribution >= 4 is 35.2 Å². The third-order valence-electron chi connectivity index (χ3n) is 5.73. The van der Waals surface area contributed by atoms with Crippen LogP contribution in [0.25, 0.3) is 0 Å². The molecule has 2 aliphatic rings. The zero-order chi connectivity index (χ0) is 20.9. The quantitative estimate of drug-likeness (QED) is 0.812.